The van der Waals surface area contributed by atoms with Crippen LogP contribution in [0.4, 0.5) is 13.2 Å². The number of carboxylic acids is 1. The molecule has 5 aromatic rings. The van der Waals surface area contributed by atoms with Crippen molar-refractivity contribution in [3.8, 4) is 34.0 Å². The number of aromatic carboxylic acids is 1. The van der Waals surface area contributed by atoms with Crippen LogP contribution in [0.25, 0.3) is 22.3 Å². The van der Waals surface area contributed by atoms with Crippen molar-refractivity contribution in [3.05, 3.63) is 131 Å². The summed E-state index contributed by atoms with van der Waals surface area (Å²) in [5, 5.41) is 8.92. The van der Waals surface area contributed by atoms with Gasteiger partial charge in [0.25, 0.3) is 0 Å². The Hall–Kier alpha value is -5.25. The van der Waals surface area contributed by atoms with Crippen LogP contribution >= 0.6 is 0 Å². The molecule has 202 valence electrons. The minimum absolute atomic E-state index is 0.0787. The Bertz CT molecular complexity index is 1670. The Labute approximate surface area is 226 Å². The minimum Gasteiger partial charge on any atom is -0.478 e. The van der Waals surface area contributed by atoms with Crippen LogP contribution in [-0.4, -0.2) is 25.6 Å². The molecule has 0 radical (unpaired) electrons. The van der Waals surface area contributed by atoms with E-state index in [2.05, 4.69) is 9.97 Å². The van der Waals surface area contributed by atoms with Gasteiger partial charge in [-0.25, -0.2) is 14.8 Å². The highest BCUT2D eigenvalue weighted by molar-refractivity contribution is 5.90. The van der Waals surface area contributed by atoms with Crippen LogP contribution in [0.3, 0.4) is 0 Å². The molecule has 3 aromatic carbocycles. The largest absolute Gasteiger partial charge is 0.478 e. The van der Waals surface area contributed by atoms with Crippen LogP contribution in [0.2, 0.25) is 0 Å². The molecule has 0 atom stereocenters. The number of carbonyl (C=O) groups is 1. The third-order valence-electron chi connectivity index (χ3n) is 5.60. The number of pyridine rings is 1. The fourth-order valence-corrected chi connectivity index (χ4v) is 3.77. The predicted molar refractivity (Wildman–Crippen MR) is 143 cm³/mol. The molecule has 0 aliphatic carbocycles. The molecule has 0 spiro atoms. The van der Waals surface area contributed by atoms with E-state index in [4.69, 9.17) is 9.84 Å². The van der Waals surface area contributed by atoms with Crippen molar-refractivity contribution in [2.24, 2.45) is 7.05 Å². The SMILES string of the molecule is Cn1cc(-c2ccccc2)c(=O)c(-c2cccc(C(F)(F)F)c2)c1.O=C(O)c1ccccc1Oc1ncccn1. The summed E-state index contributed by atoms with van der Waals surface area (Å²) in [6.45, 7) is 0. The van der Waals surface area contributed by atoms with E-state index >= 15 is 0 Å². The van der Waals surface area contributed by atoms with E-state index in [1.165, 1.54) is 30.6 Å². The number of alkyl halides is 3. The second-order valence-electron chi connectivity index (χ2n) is 8.46. The molecule has 0 aliphatic rings. The van der Waals surface area contributed by atoms with Gasteiger partial charge in [0.1, 0.15) is 11.3 Å². The molecule has 5 rings (SSSR count). The summed E-state index contributed by atoms with van der Waals surface area (Å²) < 4.78 is 45.7. The predicted octanol–water partition coefficient (Wildman–Crippen LogP) is 6.71. The van der Waals surface area contributed by atoms with Crippen molar-refractivity contribution in [3.63, 3.8) is 0 Å². The molecule has 2 aromatic heterocycles. The van der Waals surface area contributed by atoms with Crippen molar-refractivity contribution >= 4 is 5.97 Å². The molecular formula is C30H22F3N3O4. The van der Waals surface area contributed by atoms with Crippen LogP contribution in [0.15, 0.2) is 115 Å². The molecular weight excluding hydrogens is 523 g/mol. The number of hydrogen-bond donors (Lipinski definition) is 1. The molecule has 2 heterocycles. The lowest BCUT2D eigenvalue weighted by atomic mass is 9.99. The van der Waals surface area contributed by atoms with Gasteiger partial charge in [-0.1, -0.05) is 54.6 Å². The van der Waals surface area contributed by atoms with Crippen molar-refractivity contribution < 1.29 is 27.8 Å². The summed E-state index contributed by atoms with van der Waals surface area (Å²) in [6.07, 6.45) is 1.81. The number of para-hydroxylation sites is 1. The molecule has 7 nitrogen and oxygen atoms in total. The first-order valence-electron chi connectivity index (χ1n) is 11.8. The highest BCUT2D eigenvalue weighted by Crippen LogP contribution is 2.32. The van der Waals surface area contributed by atoms with Crippen LogP contribution in [0.1, 0.15) is 15.9 Å². The highest BCUT2D eigenvalue weighted by Gasteiger charge is 2.30. The zero-order chi connectivity index (χ0) is 28.7. The summed E-state index contributed by atoms with van der Waals surface area (Å²) in [6, 6.07) is 22.0. The monoisotopic (exact) mass is 545 g/mol. The first kappa shape index (κ1) is 27.8. The summed E-state index contributed by atoms with van der Waals surface area (Å²) in [5.41, 5.74) is 0.689. The zero-order valence-electron chi connectivity index (χ0n) is 21.0. The van der Waals surface area contributed by atoms with Gasteiger partial charge >= 0.3 is 18.2 Å². The van der Waals surface area contributed by atoms with Crippen LogP contribution in [0, 0.1) is 0 Å². The lowest BCUT2D eigenvalue weighted by Crippen LogP contribution is -2.12. The van der Waals surface area contributed by atoms with E-state index in [-0.39, 0.29) is 33.9 Å². The minimum atomic E-state index is -4.45. The second-order valence-corrected chi connectivity index (χ2v) is 8.46. The first-order valence-corrected chi connectivity index (χ1v) is 11.8. The van der Waals surface area contributed by atoms with E-state index < -0.39 is 17.7 Å². The van der Waals surface area contributed by atoms with Gasteiger partial charge in [-0.2, -0.15) is 13.2 Å². The second kappa shape index (κ2) is 12.1. The van der Waals surface area contributed by atoms with Gasteiger partial charge in [0.05, 0.1) is 5.56 Å². The number of ether oxygens (including phenoxy) is 1. The summed E-state index contributed by atoms with van der Waals surface area (Å²) >= 11 is 0. The van der Waals surface area contributed by atoms with E-state index in [1.807, 2.05) is 18.2 Å². The van der Waals surface area contributed by atoms with Gasteiger partial charge in [0.2, 0.25) is 0 Å². The lowest BCUT2D eigenvalue weighted by molar-refractivity contribution is -0.137. The van der Waals surface area contributed by atoms with Gasteiger partial charge in [0, 0.05) is 43.0 Å². The number of carboxylic acid groups (broad SMARTS) is 1. The van der Waals surface area contributed by atoms with Gasteiger partial charge in [-0.3, -0.25) is 4.79 Å². The first-order chi connectivity index (χ1) is 19.1. The lowest BCUT2D eigenvalue weighted by Gasteiger charge is -2.11. The Morgan fingerprint density at radius 2 is 1.43 bits per heavy atom. The maximum atomic E-state index is 12.9. The molecule has 1 N–H and O–H groups in total. The summed E-state index contributed by atoms with van der Waals surface area (Å²) in [4.78, 5) is 31.4. The summed E-state index contributed by atoms with van der Waals surface area (Å²) in [5.74, 6) is -0.826. The van der Waals surface area contributed by atoms with E-state index in [1.54, 1.807) is 60.4 Å². The van der Waals surface area contributed by atoms with E-state index in [0.29, 0.717) is 5.56 Å². The number of hydrogen-bond acceptors (Lipinski definition) is 5. The number of rotatable bonds is 5. The average molecular weight is 546 g/mol. The fraction of sp³-hybridized carbons (Fsp3) is 0.0667. The smallest absolute Gasteiger partial charge is 0.416 e. The standard InChI is InChI=1S/C19H14F3NO.C11H8N2O3/c1-23-11-16(13-6-3-2-4-7-13)18(24)17(12-23)14-8-5-9-15(10-14)19(20,21)22;14-10(15)8-4-1-2-5-9(8)16-11-12-6-3-7-13-11/h2-12H,1H3;1-7H,(H,14,15). The van der Waals surface area contributed by atoms with Crippen LogP contribution in [-0.2, 0) is 13.2 Å². The maximum Gasteiger partial charge on any atom is 0.416 e. The normalized spacial score (nSPS) is 10.8. The molecule has 10 heteroatoms. The highest BCUT2D eigenvalue weighted by atomic mass is 19.4. The molecule has 0 amide bonds. The number of halogens is 3. The molecule has 40 heavy (non-hydrogen) atoms. The number of nitrogens with zero attached hydrogens (tertiary/aromatic N) is 3. The van der Waals surface area contributed by atoms with E-state index in [9.17, 15) is 22.8 Å². The molecule has 0 fully saturated rings. The van der Waals surface area contributed by atoms with Crippen molar-refractivity contribution in [2.45, 2.75) is 6.18 Å². The third kappa shape index (κ3) is 6.79. The van der Waals surface area contributed by atoms with Crippen LogP contribution in [0.5, 0.6) is 11.8 Å². The number of aryl methyl sites for hydroxylation is 1. The number of aromatic nitrogens is 3. The van der Waals surface area contributed by atoms with Crippen molar-refractivity contribution in [1.82, 2.24) is 14.5 Å². The maximum absolute atomic E-state index is 12.9. The topological polar surface area (TPSA) is 94.3 Å². The quantitative estimate of drug-likeness (QED) is 0.264. The van der Waals surface area contributed by atoms with Gasteiger partial charge in [0.15, 0.2) is 5.43 Å². The molecule has 0 bridgehead atoms. The fourth-order valence-electron chi connectivity index (χ4n) is 3.77. The van der Waals surface area contributed by atoms with E-state index in [0.717, 1.165) is 17.7 Å². The Balaban J connectivity index is 0.000000201. The average Bonchev–Trinajstić information content (AvgIpc) is 2.95. The van der Waals surface area contributed by atoms with Crippen molar-refractivity contribution in [2.75, 3.05) is 0 Å². The zero-order valence-corrected chi connectivity index (χ0v) is 21.0. The Kier molecular flexibility index (Phi) is 8.39. The Morgan fingerprint density at radius 1 is 0.825 bits per heavy atom. The van der Waals surface area contributed by atoms with Gasteiger partial charge < -0.3 is 14.4 Å². The third-order valence-corrected chi connectivity index (χ3v) is 5.60. The van der Waals surface area contributed by atoms with Gasteiger partial charge in [-0.15, -0.1) is 0 Å². The Morgan fingerprint density at radius 3 is 2.08 bits per heavy atom. The molecule has 0 unspecified atom stereocenters. The molecule has 0 saturated heterocycles. The molecule has 0 aliphatic heterocycles. The number of benzene rings is 3. The van der Waals surface area contributed by atoms with Gasteiger partial charge in [-0.05, 0) is 41.5 Å². The van der Waals surface area contributed by atoms with Crippen molar-refractivity contribution in [1.29, 1.82) is 0 Å². The summed E-state index contributed by atoms with van der Waals surface area (Å²) in [7, 11) is 1.74. The van der Waals surface area contributed by atoms with Crippen LogP contribution < -0.4 is 10.2 Å². The molecule has 0 saturated carbocycles.